The van der Waals surface area contributed by atoms with E-state index in [1.54, 1.807) is 0 Å². The molecule has 3 nitrogen and oxygen atoms in total. The minimum absolute atomic E-state index is 0.0369. The van der Waals surface area contributed by atoms with Crippen LogP contribution in [0.15, 0.2) is 46.1 Å². The lowest BCUT2D eigenvalue weighted by Gasteiger charge is -2.09. The van der Waals surface area contributed by atoms with Crippen LogP contribution in [0.2, 0.25) is 0 Å². The minimum atomic E-state index is -4.39. The van der Waals surface area contributed by atoms with E-state index in [0.717, 1.165) is 12.1 Å². The molecule has 0 amide bonds. The van der Waals surface area contributed by atoms with Crippen LogP contribution in [0.1, 0.15) is 11.1 Å². The maximum atomic E-state index is 12.6. The van der Waals surface area contributed by atoms with Crippen LogP contribution in [0.4, 0.5) is 13.2 Å². The quantitative estimate of drug-likeness (QED) is 0.847. The Labute approximate surface area is 114 Å². The van der Waals surface area contributed by atoms with Gasteiger partial charge in [-0.2, -0.15) is 13.2 Å². The number of hydrogen-bond donors (Lipinski definition) is 0. The molecule has 0 aliphatic rings. The largest absolute Gasteiger partial charge is 0.416 e. The lowest BCUT2D eigenvalue weighted by molar-refractivity contribution is -0.137. The number of aromatic nitrogens is 2. The Morgan fingerprint density at radius 3 is 2.74 bits per heavy atom. The molecular formula is C12H8BrF3N2O. The van der Waals surface area contributed by atoms with E-state index < -0.39 is 11.7 Å². The molecule has 1 aromatic carbocycles. The molecule has 0 spiro atoms. The van der Waals surface area contributed by atoms with Gasteiger partial charge in [-0.15, -0.1) is 0 Å². The van der Waals surface area contributed by atoms with Gasteiger partial charge in [0, 0.05) is 6.20 Å². The van der Waals surface area contributed by atoms with Gasteiger partial charge in [0.05, 0.1) is 18.4 Å². The van der Waals surface area contributed by atoms with Crippen LogP contribution in [0.25, 0.3) is 0 Å². The number of rotatable bonds is 2. The highest BCUT2D eigenvalue weighted by Crippen LogP contribution is 2.29. The molecule has 0 N–H and O–H groups in total. The molecule has 2 aromatic rings. The topological polar surface area (TPSA) is 34.9 Å². The second-order valence-corrected chi connectivity index (χ2v) is 4.73. The van der Waals surface area contributed by atoms with E-state index in [1.165, 1.54) is 29.2 Å². The summed E-state index contributed by atoms with van der Waals surface area (Å²) in [4.78, 5) is 15.5. The van der Waals surface area contributed by atoms with Gasteiger partial charge in [-0.05, 0) is 33.6 Å². The monoisotopic (exact) mass is 332 g/mol. The third-order valence-electron chi connectivity index (χ3n) is 2.47. The molecular weight excluding hydrogens is 325 g/mol. The summed E-state index contributed by atoms with van der Waals surface area (Å²) in [7, 11) is 0. The minimum Gasteiger partial charge on any atom is -0.294 e. The van der Waals surface area contributed by atoms with Crippen molar-refractivity contribution in [1.29, 1.82) is 0 Å². The first-order chi connectivity index (χ1) is 8.88. The van der Waals surface area contributed by atoms with Crippen molar-refractivity contribution in [2.45, 2.75) is 12.7 Å². The van der Waals surface area contributed by atoms with Gasteiger partial charge in [0.2, 0.25) is 0 Å². The average Bonchev–Trinajstić information content (AvgIpc) is 2.34. The van der Waals surface area contributed by atoms with Crippen LogP contribution >= 0.6 is 15.9 Å². The molecule has 0 fully saturated rings. The molecule has 1 heterocycles. The lowest BCUT2D eigenvalue weighted by atomic mass is 10.1. The van der Waals surface area contributed by atoms with E-state index in [9.17, 15) is 18.0 Å². The Morgan fingerprint density at radius 1 is 1.32 bits per heavy atom. The molecule has 0 bridgehead atoms. The predicted molar refractivity (Wildman–Crippen MR) is 66.7 cm³/mol. The summed E-state index contributed by atoms with van der Waals surface area (Å²) in [5, 5.41) is 0. The Morgan fingerprint density at radius 2 is 2.05 bits per heavy atom. The number of benzene rings is 1. The lowest BCUT2D eigenvalue weighted by Crippen LogP contribution is -2.21. The van der Waals surface area contributed by atoms with Crippen molar-refractivity contribution < 1.29 is 13.2 Å². The second-order valence-electron chi connectivity index (χ2n) is 3.87. The maximum absolute atomic E-state index is 12.6. The molecule has 0 saturated carbocycles. The zero-order valence-electron chi connectivity index (χ0n) is 9.49. The molecule has 7 heteroatoms. The van der Waals surface area contributed by atoms with Gasteiger partial charge < -0.3 is 0 Å². The fourth-order valence-electron chi connectivity index (χ4n) is 1.58. The van der Waals surface area contributed by atoms with Crippen molar-refractivity contribution in [2.24, 2.45) is 0 Å². The van der Waals surface area contributed by atoms with Crippen LogP contribution in [0, 0.1) is 0 Å². The molecule has 19 heavy (non-hydrogen) atoms. The highest BCUT2D eigenvalue weighted by molar-refractivity contribution is 9.10. The van der Waals surface area contributed by atoms with Crippen molar-refractivity contribution >= 4 is 15.9 Å². The molecule has 0 radical (unpaired) electrons. The first-order valence-corrected chi connectivity index (χ1v) is 6.03. The van der Waals surface area contributed by atoms with E-state index in [1.807, 2.05) is 0 Å². The summed E-state index contributed by atoms with van der Waals surface area (Å²) >= 11 is 3.03. The number of halogens is 4. The molecule has 0 aliphatic carbocycles. The van der Waals surface area contributed by atoms with Gasteiger partial charge >= 0.3 is 6.18 Å². The van der Waals surface area contributed by atoms with Gasteiger partial charge in [-0.1, -0.05) is 12.1 Å². The summed E-state index contributed by atoms with van der Waals surface area (Å²) in [6, 6.07) is 4.86. The van der Waals surface area contributed by atoms with Gasteiger partial charge in [0.15, 0.2) is 0 Å². The van der Waals surface area contributed by atoms with E-state index >= 15 is 0 Å². The fourth-order valence-corrected chi connectivity index (χ4v) is 1.93. The Balaban J connectivity index is 2.34. The maximum Gasteiger partial charge on any atom is 0.416 e. The fraction of sp³-hybridized carbons (Fsp3) is 0.167. The molecule has 1 aromatic heterocycles. The van der Waals surface area contributed by atoms with Crippen molar-refractivity contribution in [1.82, 2.24) is 9.55 Å². The summed E-state index contributed by atoms with van der Waals surface area (Å²) in [6.45, 7) is 0.0369. The standard InChI is InChI=1S/C12H8BrF3N2O/c13-10-5-17-7-18(11(10)19)6-8-2-1-3-9(4-8)12(14,15)16/h1-5,7H,6H2. The molecule has 2 rings (SSSR count). The van der Waals surface area contributed by atoms with Crippen LogP contribution in [0.5, 0.6) is 0 Å². The number of hydrogen-bond acceptors (Lipinski definition) is 2. The van der Waals surface area contributed by atoms with Crippen LogP contribution in [-0.4, -0.2) is 9.55 Å². The zero-order valence-corrected chi connectivity index (χ0v) is 11.1. The van der Waals surface area contributed by atoms with Crippen molar-refractivity contribution in [3.8, 4) is 0 Å². The summed E-state index contributed by atoms with van der Waals surface area (Å²) < 4.78 is 39.2. The SMILES string of the molecule is O=c1c(Br)cncn1Cc1cccc(C(F)(F)F)c1. The van der Waals surface area contributed by atoms with Crippen molar-refractivity contribution in [2.75, 3.05) is 0 Å². The smallest absolute Gasteiger partial charge is 0.294 e. The zero-order chi connectivity index (χ0) is 14.0. The molecule has 100 valence electrons. The van der Waals surface area contributed by atoms with Crippen molar-refractivity contribution in [3.05, 3.63) is 62.7 Å². The first kappa shape index (κ1) is 13.8. The van der Waals surface area contributed by atoms with Gasteiger partial charge in [0.1, 0.15) is 4.47 Å². The molecule has 0 atom stereocenters. The third-order valence-corrected chi connectivity index (χ3v) is 3.01. The van der Waals surface area contributed by atoms with Crippen LogP contribution in [0.3, 0.4) is 0 Å². The Hall–Kier alpha value is -1.63. The number of nitrogens with zero attached hydrogens (tertiary/aromatic N) is 2. The second kappa shape index (κ2) is 5.16. The summed E-state index contributed by atoms with van der Waals surface area (Å²) in [6.07, 6.45) is -1.77. The normalized spacial score (nSPS) is 11.6. The number of alkyl halides is 3. The Kier molecular flexibility index (Phi) is 3.75. The van der Waals surface area contributed by atoms with E-state index in [0.29, 0.717) is 5.56 Å². The van der Waals surface area contributed by atoms with Crippen LogP contribution < -0.4 is 5.56 Å². The first-order valence-electron chi connectivity index (χ1n) is 5.24. The highest BCUT2D eigenvalue weighted by atomic mass is 79.9. The van der Waals surface area contributed by atoms with E-state index in [4.69, 9.17) is 0 Å². The highest BCUT2D eigenvalue weighted by Gasteiger charge is 2.30. The molecule has 0 aliphatic heterocycles. The van der Waals surface area contributed by atoms with Crippen molar-refractivity contribution in [3.63, 3.8) is 0 Å². The van der Waals surface area contributed by atoms with E-state index in [-0.39, 0.29) is 16.6 Å². The molecule has 0 unspecified atom stereocenters. The van der Waals surface area contributed by atoms with Gasteiger partial charge in [0.25, 0.3) is 5.56 Å². The van der Waals surface area contributed by atoms with Crippen LogP contribution in [-0.2, 0) is 12.7 Å². The molecule has 0 saturated heterocycles. The van der Waals surface area contributed by atoms with E-state index in [2.05, 4.69) is 20.9 Å². The summed E-state index contributed by atoms with van der Waals surface area (Å²) in [5.41, 5.74) is -0.690. The Bertz CT molecular complexity index is 652. The van der Waals surface area contributed by atoms with Gasteiger partial charge in [-0.25, -0.2) is 4.98 Å². The summed E-state index contributed by atoms with van der Waals surface area (Å²) in [5.74, 6) is 0. The predicted octanol–water partition coefficient (Wildman–Crippen LogP) is 3.07. The average molecular weight is 333 g/mol. The van der Waals surface area contributed by atoms with Gasteiger partial charge in [-0.3, -0.25) is 9.36 Å². The third kappa shape index (κ3) is 3.23.